The molecule has 0 saturated heterocycles. The zero-order chi connectivity index (χ0) is 14.8. The lowest BCUT2D eigenvalue weighted by Crippen LogP contribution is -2.01. The van der Waals surface area contributed by atoms with Crippen molar-refractivity contribution in [1.82, 2.24) is 4.98 Å². The lowest BCUT2D eigenvalue weighted by Gasteiger charge is -2.06. The Morgan fingerprint density at radius 2 is 1.86 bits per heavy atom. The van der Waals surface area contributed by atoms with E-state index >= 15 is 0 Å². The maximum absolute atomic E-state index is 13.1. The van der Waals surface area contributed by atoms with Gasteiger partial charge < -0.3 is 10.1 Å². The highest BCUT2D eigenvalue weighted by Crippen LogP contribution is 2.29. The molecule has 0 radical (unpaired) electrons. The van der Waals surface area contributed by atoms with E-state index in [1.165, 1.54) is 35.6 Å². The summed E-state index contributed by atoms with van der Waals surface area (Å²) in [6, 6.07) is 10.4. The molecule has 0 aliphatic rings. The van der Waals surface area contributed by atoms with E-state index in [1.54, 1.807) is 18.2 Å². The quantitative estimate of drug-likeness (QED) is 0.753. The van der Waals surface area contributed by atoms with Gasteiger partial charge >= 0.3 is 6.61 Å². The average Bonchev–Trinajstić information content (AvgIpc) is 2.82. The van der Waals surface area contributed by atoms with Gasteiger partial charge in [0.05, 0.1) is 10.2 Å². The molecule has 1 N–H and O–H groups in total. The van der Waals surface area contributed by atoms with Gasteiger partial charge in [0.1, 0.15) is 11.6 Å². The van der Waals surface area contributed by atoms with Crippen LogP contribution in [0.4, 0.5) is 24.0 Å². The smallest absolute Gasteiger partial charge is 0.387 e. The number of nitrogens with zero attached hydrogens (tertiary/aromatic N) is 1. The molecule has 1 aromatic heterocycles. The molecule has 7 heteroatoms. The summed E-state index contributed by atoms with van der Waals surface area (Å²) in [6.45, 7) is -2.84. The third kappa shape index (κ3) is 3.25. The van der Waals surface area contributed by atoms with Crippen molar-refractivity contribution in [1.29, 1.82) is 0 Å². The van der Waals surface area contributed by atoms with Gasteiger partial charge in [0.25, 0.3) is 0 Å². The molecule has 0 aliphatic heterocycles. The Balaban J connectivity index is 1.78. The minimum Gasteiger partial charge on any atom is -0.435 e. The number of nitrogens with one attached hydrogen (secondary N) is 1. The number of thiazole rings is 1. The predicted molar refractivity (Wildman–Crippen MR) is 75.9 cm³/mol. The summed E-state index contributed by atoms with van der Waals surface area (Å²) >= 11 is 1.31. The first-order valence-electron chi connectivity index (χ1n) is 5.98. The summed E-state index contributed by atoms with van der Waals surface area (Å²) in [5.41, 5.74) is 1.37. The van der Waals surface area contributed by atoms with Crippen LogP contribution in [0.2, 0.25) is 0 Å². The first-order valence-corrected chi connectivity index (χ1v) is 6.80. The van der Waals surface area contributed by atoms with Gasteiger partial charge in [-0.25, -0.2) is 9.37 Å². The first-order chi connectivity index (χ1) is 10.1. The maximum Gasteiger partial charge on any atom is 0.387 e. The SMILES string of the molecule is Fc1ccc2nc(Nc3ccc(OC(F)F)cc3)sc2c1. The molecule has 0 atom stereocenters. The lowest BCUT2D eigenvalue weighted by molar-refractivity contribution is -0.0498. The number of fused-ring (bicyclic) bond motifs is 1. The Morgan fingerprint density at radius 1 is 1.10 bits per heavy atom. The van der Waals surface area contributed by atoms with Crippen LogP contribution in [-0.4, -0.2) is 11.6 Å². The number of benzene rings is 2. The fourth-order valence-electron chi connectivity index (χ4n) is 1.80. The van der Waals surface area contributed by atoms with Crippen LogP contribution >= 0.6 is 11.3 Å². The number of anilines is 2. The number of hydrogen-bond acceptors (Lipinski definition) is 4. The molecule has 0 aliphatic carbocycles. The van der Waals surface area contributed by atoms with Crippen LogP contribution in [0.15, 0.2) is 42.5 Å². The van der Waals surface area contributed by atoms with Gasteiger partial charge in [-0.1, -0.05) is 11.3 Å². The van der Waals surface area contributed by atoms with Crippen LogP contribution in [0.3, 0.4) is 0 Å². The summed E-state index contributed by atoms with van der Waals surface area (Å²) in [6.07, 6.45) is 0. The Morgan fingerprint density at radius 3 is 2.57 bits per heavy atom. The number of halogens is 3. The van der Waals surface area contributed by atoms with Gasteiger partial charge in [0.2, 0.25) is 0 Å². The molecule has 0 saturated carbocycles. The number of alkyl halides is 2. The monoisotopic (exact) mass is 310 g/mol. The molecule has 3 aromatic rings. The van der Waals surface area contributed by atoms with E-state index < -0.39 is 6.61 Å². The number of rotatable bonds is 4. The Hall–Kier alpha value is -2.28. The second-order valence-corrected chi connectivity index (χ2v) is 5.19. The van der Waals surface area contributed by atoms with Crippen LogP contribution in [0, 0.1) is 5.82 Å². The van der Waals surface area contributed by atoms with Crippen LogP contribution in [0.25, 0.3) is 10.2 Å². The van der Waals surface area contributed by atoms with Gasteiger partial charge in [-0.05, 0) is 42.5 Å². The highest BCUT2D eigenvalue weighted by Gasteiger charge is 2.06. The normalized spacial score (nSPS) is 11.0. The third-order valence-electron chi connectivity index (χ3n) is 2.68. The average molecular weight is 310 g/mol. The zero-order valence-electron chi connectivity index (χ0n) is 10.5. The van der Waals surface area contributed by atoms with E-state index in [2.05, 4.69) is 15.0 Å². The minimum absolute atomic E-state index is 0.0851. The number of ether oxygens (including phenoxy) is 1. The van der Waals surface area contributed by atoms with Gasteiger partial charge in [-0.15, -0.1) is 0 Å². The second-order valence-electron chi connectivity index (χ2n) is 4.16. The third-order valence-corrected chi connectivity index (χ3v) is 3.61. The fourth-order valence-corrected chi connectivity index (χ4v) is 2.71. The summed E-state index contributed by atoms with van der Waals surface area (Å²) in [7, 11) is 0. The molecule has 1 heterocycles. The van der Waals surface area contributed by atoms with E-state index in [1.807, 2.05) is 0 Å². The highest BCUT2D eigenvalue weighted by atomic mass is 32.1. The largest absolute Gasteiger partial charge is 0.435 e. The first kappa shape index (κ1) is 13.7. The Bertz CT molecular complexity index is 759. The van der Waals surface area contributed by atoms with E-state index in [-0.39, 0.29) is 11.6 Å². The lowest BCUT2D eigenvalue weighted by atomic mass is 10.3. The molecule has 21 heavy (non-hydrogen) atoms. The van der Waals surface area contributed by atoms with Crippen molar-refractivity contribution in [3.05, 3.63) is 48.3 Å². The zero-order valence-corrected chi connectivity index (χ0v) is 11.3. The standard InChI is InChI=1S/C14H9F3N2OS/c15-8-1-6-11-12(7-8)21-14(19-11)18-9-2-4-10(5-3-9)20-13(16)17/h1-7,13H,(H,18,19). The van der Waals surface area contributed by atoms with E-state index in [0.29, 0.717) is 16.3 Å². The summed E-state index contributed by atoms with van der Waals surface area (Å²) in [4.78, 5) is 4.31. The topological polar surface area (TPSA) is 34.2 Å². The van der Waals surface area contributed by atoms with Crippen molar-refractivity contribution >= 4 is 32.4 Å². The molecule has 108 valence electrons. The predicted octanol–water partition coefficient (Wildman–Crippen LogP) is 4.78. The molecule has 0 fully saturated rings. The highest BCUT2D eigenvalue weighted by molar-refractivity contribution is 7.22. The molecule has 0 spiro atoms. The summed E-state index contributed by atoms with van der Waals surface area (Å²) in [5.74, 6) is -0.229. The van der Waals surface area contributed by atoms with Crippen molar-refractivity contribution in [2.75, 3.05) is 5.32 Å². The van der Waals surface area contributed by atoms with Crippen molar-refractivity contribution in [2.24, 2.45) is 0 Å². The number of hydrogen-bond donors (Lipinski definition) is 1. The number of aromatic nitrogens is 1. The Kier molecular flexibility index (Phi) is 3.66. The van der Waals surface area contributed by atoms with Crippen LogP contribution in [-0.2, 0) is 0 Å². The van der Waals surface area contributed by atoms with Crippen molar-refractivity contribution in [3.8, 4) is 5.75 Å². The molecular weight excluding hydrogens is 301 g/mol. The molecule has 3 nitrogen and oxygen atoms in total. The molecular formula is C14H9F3N2OS. The van der Waals surface area contributed by atoms with Gasteiger partial charge in [-0.3, -0.25) is 0 Å². The Labute approximate surface area is 122 Å². The molecule has 0 bridgehead atoms. The second kappa shape index (κ2) is 5.61. The van der Waals surface area contributed by atoms with E-state index in [4.69, 9.17) is 0 Å². The fraction of sp³-hybridized carbons (Fsp3) is 0.0714. The van der Waals surface area contributed by atoms with Crippen molar-refractivity contribution in [2.45, 2.75) is 6.61 Å². The van der Waals surface area contributed by atoms with Crippen molar-refractivity contribution < 1.29 is 17.9 Å². The van der Waals surface area contributed by atoms with Crippen LogP contribution in [0.5, 0.6) is 5.75 Å². The van der Waals surface area contributed by atoms with Crippen LogP contribution in [0.1, 0.15) is 0 Å². The summed E-state index contributed by atoms with van der Waals surface area (Å²) < 4.78 is 42.2. The molecule has 3 rings (SSSR count). The van der Waals surface area contributed by atoms with E-state index in [0.717, 1.165) is 4.70 Å². The van der Waals surface area contributed by atoms with Gasteiger partial charge in [-0.2, -0.15) is 8.78 Å². The maximum atomic E-state index is 13.1. The molecule has 2 aromatic carbocycles. The molecule has 0 unspecified atom stereocenters. The van der Waals surface area contributed by atoms with Gasteiger partial charge in [0, 0.05) is 5.69 Å². The van der Waals surface area contributed by atoms with Crippen LogP contribution < -0.4 is 10.1 Å². The van der Waals surface area contributed by atoms with E-state index in [9.17, 15) is 13.2 Å². The van der Waals surface area contributed by atoms with Crippen molar-refractivity contribution in [3.63, 3.8) is 0 Å². The molecule has 0 amide bonds. The summed E-state index contributed by atoms with van der Waals surface area (Å²) in [5, 5.41) is 3.63. The minimum atomic E-state index is -2.84. The van der Waals surface area contributed by atoms with Gasteiger partial charge in [0.15, 0.2) is 5.13 Å².